The normalized spacial score (nSPS) is 16.0. The van der Waals surface area contributed by atoms with Gasteiger partial charge in [-0.15, -0.1) is 5.10 Å². The summed E-state index contributed by atoms with van der Waals surface area (Å²) in [6, 6.07) is 3.68. The van der Waals surface area contributed by atoms with Gasteiger partial charge < -0.3 is 0 Å². The third kappa shape index (κ3) is 3.93. The van der Waals surface area contributed by atoms with Crippen LogP contribution in [0.25, 0.3) is 17.6 Å². The van der Waals surface area contributed by atoms with Crippen LogP contribution in [0.2, 0.25) is 0 Å². The van der Waals surface area contributed by atoms with E-state index in [-0.39, 0.29) is 17.3 Å². The number of carbonyl (C=O) groups excluding carboxylic acids is 1. The molecule has 1 aromatic carbocycles. The molecule has 0 saturated carbocycles. The molecule has 1 aliphatic rings. The Kier molecular flexibility index (Phi) is 4.82. The molecule has 0 N–H and O–H groups in total. The zero-order chi connectivity index (χ0) is 18.9. The number of hydrazine groups is 1. The quantitative estimate of drug-likeness (QED) is 0.785. The summed E-state index contributed by atoms with van der Waals surface area (Å²) in [4.78, 5) is 16.2. The molecule has 6 nitrogen and oxygen atoms in total. The molecule has 0 bridgehead atoms. The van der Waals surface area contributed by atoms with Gasteiger partial charge in [0.15, 0.2) is 5.82 Å². The maximum atomic E-state index is 13.0. The highest BCUT2D eigenvalue weighted by molar-refractivity contribution is 5.89. The number of amides is 1. The average molecular weight is 365 g/mol. The first-order valence-corrected chi connectivity index (χ1v) is 8.05. The molecule has 138 valence electrons. The molecular weight excluding hydrogens is 347 g/mol. The van der Waals surface area contributed by atoms with Crippen LogP contribution in [-0.4, -0.2) is 50.8 Å². The monoisotopic (exact) mass is 365 g/mol. The van der Waals surface area contributed by atoms with Crippen LogP contribution in [0.1, 0.15) is 17.5 Å². The Morgan fingerprint density at radius 3 is 2.65 bits per heavy atom. The van der Waals surface area contributed by atoms with Gasteiger partial charge in [0.05, 0.1) is 5.56 Å². The van der Waals surface area contributed by atoms with E-state index in [1.54, 1.807) is 18.0 Å². The lowest BCUT2D eigenvalue weighted by atomic mass is 10.1. The summed E-state index contributed by atoms with van der Waals surface area (Å²) in [6.07, 6.45) is 0.626. The summed E-state index contributed by atoms with van der Waals surface area (Å²) in [7, 11) is 1.84. The summed E-state index contributed by atoms with van der Waals surface area (Å²) >= 11 is 0. The van der Waals surface area contributed by atoms with Gasteiger partial charge in [-0.2, -0.15) is 13.2 Å². The second-order valence-electron chi connectivity index (χ2n) is 6.15. The van der Waals surface area contributed by atoms with Gasteiger partial charge in [-0.1, -0.05) is 0 Å². The first-order chi connectivity index (χ1) is 12.2. The molecule has 2 aromatic rings. The highest BCUT2D eigenvalue weighted by Crippen LogP contribution is 2.32. The van der Waals surface area contributed by atoms with Crippen LogP contribution < -0.4 is 0 Å². The number of halogens is 3. The molecule has 26 heavy (non-hydrogen) atoms. The smallest absolute Gasteiger partial charge is 0.272 e. The number of aromatic nitrogens is 3. The van der Waals surface area contributed by atoms with Gasteiger partial charge in [0.2, 0.25) is 0 Å². The summed E-state index contributed by atoms with van der Waals surface area (Å²) in [5, 5.41) is 7.58. The molecule has 0 aliphatic carbocycles. The van der Waals surface area contributed by atoms with Crippen molar-refractivity contribution in [1.29, 1.82) is 0 Å². The van der Waals surface area contributed by atoms with E-state index in [0.717, 1.165) is 25.1 Å². The zero-order valence-electron chi connectivity index (χ0n) is 14.4. The Bertz CT molecular complexity index is 843. The number of nitrogens with zero attached hydrogens (tertiary/aromatic N) is 5. The first-order valence-electron chi connectivity index (χ1n) is 8.05. The van der Waals surface area contributed by atoms with Crippen LogP contribution >= 0.6 is 0 Å². The van der Waals surface area contributed by atoms with Crippen LogP contribution in [0.3, 0.4) is 0 Å². The standard InChI is InChI=1S/C17H18F3N5O/c1-12-8-13(10-14(9-12)17(18,19)20)16-21-11-24(22-16)7-4-15(26)25-6-3-5-23(25)2/h4,7-11H,3,5-6H2,1-2H3/b7-4-. The Labute approximate surface area is 148 Å². The predicted octanol–water partition coefficient (Wildman–Crippen LogP) is 2.82. The van der Waals surface area contributed by atoms with Crippen LogP contribution in [-0.2, 0) is 11.0 Å². The molecule has 9 heteroatoms. The van der Waals surface area contributed by atoms with Crippen molar-refractivity contribution in [2.75, 3.05) is 20.1 Å². The van der Waals surface area contributed by atoms with Crippen molar-refractivity contribution in [3.8, 4) is 11.4 Å². The lowest BCUT2D eigenvalue weighted by Gasteiger charge is -2.22. The second kappa shape index (κ2) is 6.91. The van der Waals surface area contributed by atoms with Gasteiger partial charge in [0.1, 0.15) is 6.33 Å². The number of carbonyl (C=O) groups is 1. The van der Waals surface area contributed by atoms with E-state index in [4.69, 9.17) is 0 Å². The number of aryl methyl sites for hydroxylation is 1. The van der Waals surface area contributed by atoms with Gasteiger partial charge in [-0.05, 0) is 37.1 Å². The first kappa shape index (κ1) is 18.1. The van der Waals surface area contributed by atoms with Crippen molar-refractivity contribution in [2.45, 2.75) is 19.5 Å². The molecule has 1 aromatic heterocycles. The van der Waals surface area contributed by atoms with Gasteiger partial charge in [0.25, 0.3) is 5.91 Å². The Morgan fingerprint density at radius 2 is 2.00 bits per heavy atom. The Balaban J connectivity index is 1.79. The average Bonchev–Trinajstić information content (AvgIpc) is 3.20. The maximum absolute atomic E-state index is 13.0. The largest absolute Gasteiger partial charge is 0.416 e. The molecule has 2 heterocycles. The lowest BCUT2D eigenvalue weighted by molar-refractivity contribution is -0.137. The molecule has 3 rings (SSSR count). The summed E-state index contributed by atoms with van der Waals surface area (Å²) in [5.41, 5.74) is -0.00400. The molecule has 0 unspecified atom stereocenters. The SMILES string of the molecule is Cc1cc(-c2ncn(/C=C\C(=O)N3CCCN3C)n2)cc(C(F)(F)F)c1. The molecule has 0 radical (unpaired) electrons. The predicted molar refractivity (Wildman–Crippen MR) is 89.5 cm³/mol. The van der Waals surface area contributed by atoms with Crippen LogP contribution in [0.4, 0.5) is 13.2 Å². The molecular formula is C17H18F3N5O. The van der Waals surface area contributed by atoms with Crippen molar-refractivity contribution < 1.29 is 18.0 Å². The third-order valence-corrected chi connectivity index (χ3v) is 4.06. The Hall–Kier alpha value is -2.68. The molecule has 1 aliphatic heterocycles. The lowest BCUT2D eigenvalue weighted by Crippen LogP contribution is -2.37. The van der Waals surface area contributed by atoms with Gasteiger partial charge in [0, 0.05) is 38.0 Å². The van der Waals surface area contributed by atoms with Crippen LogP contribution in [0, 0.1) is 6.92 Å². The highest BCUT2D eigenvalue weighted by atomic mass is 19.4. The van der Waals surface area contributed by atoms with Crippen molar-refractivity contribution in [1.82, 2.24) is 24.8 Å². The minimum atomic E-state index is -4.43. The molecule has 0 atom stereocenters. The minimum absolute atomic E-state index is 0.162. The van der Waals surface area contributed by atoms with Crippen LogP contribution in [0.15, 0.2) is 30.6 Å². The fourth-order valence-electron chi connectivity index (χ4n) is 2.80. The van der Waals surface area contributed by atoms with E-state index in [1.165, 1.54) is 23.3 Å². The van der Waals surface area contributed by atoms with Crippen molar-refractivity contribution >= 4 is 12.1 Å². The van der Waals surface area contributed by atoms with Crippen molar-refractivity contribution in [3.63, 3.8) is 0 Å². The summed E-state index contributed by atoms with van der Waals surface area (Å²) in [5.74, 6) is -0.0217. The fraction of sp³-hybridized carbons (Fsp3) is 0.353. The van der Waals surface area contributed by atoms with E-state index in [0.29, 0.717) is 12.1 Å². The number of benzene rings is 1. The van der Waals surface area contributed by atoms with Gasteiger partial charge >= 0.3 is 6.18 Å². The second-order valence-corrected chi connectivity index (χ2v) is 6.15. The number of hydrogen-bond donors (Lipinski definition) is 0. The minimum Gasteiger partial charge on any atom is -0.272 e. The molecule has 0 spiro atoms. The van der Waals surface area contributed by atoms with Crippen LogP contribution in [0.5, 0.6) is 0 Å². The third-order valence-electron chi connectivity index (χ3n) is 4.06. The summed E-state index contributed by atoms with van der Waals surface area (Å²) in [6.45, 7) is 3.06. The van der Waals surface area contributed by atoms with Gasteiger partial charge in [-0.25, -0.2) is 14.7 Å². The van der Waals surface area contributed by atoms with E-state index in [1.807, 2.05) is 12.1 Å². The van der Waals surface area contributed by atoms with E-state index in [9.17, 15) is 18.0 Å². The maximum Gasteiger partial charge on any atom is 0.416 e. The Morgan fingerprint density at radius 1 is 1.23 bits per heavy atom. The topological polar surface area (TPSA) is 54.3 Å². The molecule has 1 saturated heterocycles. The number of rotatable bonds is 3. The van der Waals surface area contributed by atoms with Crippen molar-refractivity contribution in [3.05, 3.63) is 41.7 Å². The number of hydrogen-bond acceptors (Lipinski definition) is 4. The zero-order valence-corrected chi connectivity index (χ0v) is 14.4. The summed E-state index contributed by atoms with van der Waals surface area (Å²) < 4.78 is 40.2. The number of alkyl halides is 3. The van der Waals surface area contributed by atoms with E-state index < -0.39 is 11.7 Å². The van der Waals surface area contributed by atoms with Crippen molar-refractivity contribution in [2.24, 2.45) is 0 Å². The highest BCUT2D eigenvalue weighted by Gasteiger charge is 2.31. The van der Waals surface area contributed by atoms with E-state index in [2.05, 4.69) is 10.1 Å². The van der Waals surface area contributed by atoms with Gasteiger partial charge in [-0.3, -0.25) is 9.80 Å². The fourth-order valence-corrected chi connectivity index (χ4v) is 2.80. The molecule has 1 fully saturated rings. The molecule has 1 amide bonds. The van der Waals surface area contributed by atoms with E-state index >= 15 is 0 Å².